The van der Waals surface area contributed by atoms with Crippen molar-refractivity contribution < 1.29 is 9.21 Å². The van der Waals surface area contributed by atoms with Crippen LogP contribution in [0.25, 0.3) is 0 Å². The van der Waals surface area contributed by atoms with Crippen molar-refractivity contribution in [1.29, 1.82) is 0 Å². The van der Waals surface area contributed by atoms with E-state index in [4.69, 9.17) is 4.42 Å². The average Bonchev–Trinajstić information content (AvgIpc) is 3.12. The molecule has 1 atom stereocenters. The number of nitrogens with one attached hydrogen (secondary N) is 1. The van der Waals surface area contributed by atoms with E-state index in [1.54, 1.807) is 6.26 Å². The third-order valence-corrected chi connectivity index (χ3v) is 4.71. The normalized spacial score (nSPS) is 17.3. The molecule has 0 unspecified atom stereocenters. The SMILES string of the molecule is Cc1occc1CN(C)C(=O)[C@@H]1CCc2nc(C(C)C)[nH]c2C1. The number of hydrogen-bond acceptors (Lipinski definition) is 3. The summed E-state index contributed by atoms with van der Waals surface area (Å²) in [6, 6.07) is 1.93. The number of carbonyl (C=O) groups excluding carboxylic acids is 1. The molecule has 0 aliphatic heterocycles. The van der Waals surface area contributed by atoms with E-state index in [-0.39, 0.29) is 11.8 Å². The van der Waals surface area contributed by atoms with Gasteiger partial charge in [0.1, 0.15) is 11.6 Å². The second kappa shape index (κ2) is 6.22. The summed E-state index contributed by atoms with van der Waals surface area (Å²) in [4.78, 5) is 22.6. The van der Waals surface area contributed by atoms with Crippen LogP contribution in [0.3, 0.4) is 0 Å². The third-order valence-electron chi connectivity index (χ3n) is 4.71. The maximum atomic E-state index is 12.7. The van der Waals surface area contributed by atoms with Gasteiger partial charge >= 0.3 is 0 Å². The lowest BCUT2D eigenvalue weighted by atomic mass is 9.89. The van der Waals surface area contributed by atoms with Crippen molar-refractivity contribution in [3.8, 4) is 0 Å². The number of aromatic nitrogens is 2. The van der Waals surface area contributed by atoms with Crippen molar-refractivity contribution in [2.24, 2.45) is 5.92 Å². The first-order valence-corrected chi connectivity index (χ1v) is 8.31. The summed E-state index contributed by atoms with van der Waals surface area (Å²) in [5.41, 5.74) is 3.36. The third kappa shape index (κ3) is 3.19. The van der Waals surface area contributed by atoms with Gasteiger partial charge in [-0.1, -0.05) is 13.8 Å². The van der Waals surface area contributed by atoms with Gasteiger partial charge in [0, 0.05) is 43.1 Å². The summed E-state index contributed by atoms with van der Waals surface area (Å²) >= 11 is 0. The number of nitrogens with zero attached hydrogens (tertiary/aromatic N) is 2. The molecular weight excluding hydrogens is 290 g/mol. The van der Waals surface area contributed by atoms with Crippen LogP contribution in [-0.4, -0.2) is 27.8 Å². The van der Waals surface area contributed by atoms with Gasteiger partial charge in [-0.2, -0.15) is 0 Å². The Morgan fingerprint density at radius 1 is 1.52 bits per heavy atom. The number of hydrogen-bond donors (Lipinski definition) is 1. The fourth-order valence-electron chi connectivity index (χ4n) is 3.21. The van der Waals surface area contributed by atoms with Crippen molar-refractivity contribution in [3.05, 3.63) is 40.9 Å². The molecule has 2 heterocycles. The van der Waals surface area contributed by atoms with Crippen LogP contribution in [0, 0.1) is 12.8 Å². The van der Waals surface area contributed by atoms with Crippen molar-refractivity contribution >= 4 is 5.91 Å². The number of H-pyrrole nitrogens is 1. The molecule has 1 aliphatic rings. The molecule has 0 fully saturated rings. The summed E-state index contributed by atoms with van der Waals surface area (Å²) < 4.78 is 5.31. The molecule has 1 N–H and O–H groups in total. The summed E-state index contributed by atoms with van der Waals surface area (Å²) in [5, 5.41) is 0. The number of rotatable bonds is 4. The van der Waals surface area contributed by atoms with E-state index in [1.165, 1.54) is 0 Å². The Hall–Kier alpha value is -2.04. The molecule has 124 valence electrons. The van der Waals surface area contributed by atoms with E-state index >= 15 is 0 Å². The zero-order valence-corrected chi connectivity index (χ0v) is 14.3. The van der Waals surface area contributed by atoms with Crippen LogP contribution in [0.5, 0.6) is 0 Å². The molecular formula is C18H25N3O2. The number of amides is 1. The summed E-state index contributed by atoms with van der Waals surface area (Å²) in [5.74, 6) is 2.55. The van der Waals surface area contributed by atoms with E-state index in [9.17, 15) is 4.79 Å². The zero-order chi connectivity index (χ0) is 16.6. The molecule has 2 aromatic rings. The standard InChI is InChI=1S/C18H25N3O2/c1-11(2)17-19-15-6-5-13(9-16(15)20-17)18(22)21(4)10-14-7-8-23-12(14)3/h7-8,11,13H,5-6,9-10H2,1-4H3,(H,19,20)/t13-/m1/s1. The van der Waals surface area contributed by atoms with Crippen LogP contribution >= 0.6 is 0 Å². The lowest BCUT2D eigenvalue weighted by Gasteiger charge is -2.26. The Bertz CT molecular complexity index is 699. The Labute approximate surface area is 137 Å². The van der Waals surface area contributed by atoms with Crippen LogP contribution in [-0.2, 0) is 24.2 Å². The van der Waals surface area contributed by atoms with E-state index in [2.05, 4.69) is 23.8 Å². The van der Waals surface area contributed by atoms with E-state index in [1.807, 2.05) is 24.9 Å². The molecule has 0 radical (unpaired) electrons. The smallest absolute Gasteiger partial charge is 0.226 e. The lowest BCUT2D eigenvalue weighted by Crippen LogP contribution is -2.35. The first kappa shape index (κ1) is 15.8. The number of aryl methyl sites for hydroxylation is 2. The molecule has 2 aromatic heterocycles. The molecule has 5 nitrogen and oxygen atoms in total. The fourth-order valence-corrected chi connectivity index (χ4v) is 3.21. The van der Waals surface area contributed by atoms with Crippen molar-refractivity contribution in [2.75, 3.05) is 7.05 Å². The number of aromatic amines is 1. The fraction of sp³-hybridized carbons (Fsp3) is 0.556. The highest BCUT2D eigenvalue weighted by molar-refractivity contribution is 5.79. The predicted molar refractivity (Wildman–Crippen MR) is 88.1 cm³/mol. The molecule has 0 bridgehead atoms. The molecule has 0 aromatic carbocycles. The first-order chi connectivity index (χ1) is 11.0. The Morgan fingerprint density at radius 2 is 2.30 bits per heavy atom. The van der Waals surface area contributed by atoms with Gasteiger partial charge < -0.3 is 14.3 Å². The minimum Gasteiger partial charge on any atom is -0.469 e. The number of carbonyl (C=O) groups is 1. The Balaban J connectivity index is 1.67. The Kier molecular flexibility index (Phi) is 4.28. The first-order valence-electron chi connectivity index (χ1n) is 8.31. The lowest BCUT2D eigenvalue weighted by molar-refractivity contribution is -0.135. The topological polar surface area (TPSA) is 62.1 Å². The second-order valence-electron chi connectivity index (χ2n) is 6.84. The molecule has 3 rings (SSSR count). The number of fused-ring (bicyclic) bond motifs is 1. The van der Waals surface area contributed by atoms with E-state index < -0.39 is 0 Å². The predicted octanol–water partition coefficient (Wildman–Crippen LogP) is 3.20. The zero-order valence-electron chi connectivity index (χ0n) is 14.3. The number of imidazole rings is 1. The minimum absolute atomic E-state index is 0.0418. The van der Waals surface area contributed by atoms with Gasteiger partial charge in [-0.15, -0.1) is 0 Å². The van der Waals surface area contributed by atoms with E-state index in [0.29, 0.717) is 12.5 Å². The van der Waals surface area contributed by atoms with E-state index in [0.717, 1.165) is 47.8 Å². The molecule has 0 spiro atoms. The van der Waals surface area contributed by atoms with Gasteiger partial charge in [0.25, 0.3) is 0 Å². The van der Waals surface area contributed by atoms with Gasteiger partial charge in [-0.05, 0) is 25.8 Å². The van der Waals surface area contributed by atoms with Crippen molar-refractivity contribution in [3.63, 3.8) is 0 Å². The van der Waals surface area contributed by atoms with Gasteiger partial charge in [0.15, 0.2) is 0 Å². The quantitative estimate of drug-likeness (QED) is 0.942. The van der Waals surface area contributed by atoms with Crippen molar-refractivity contribution in [1.82, 2.24) is 14.9 Å². The second-order valence-corrected chi connectivity index (χ2v) is 6.84. The van der Waals surface area contributed by atoms with Gasteiger partial charge in [0.2, 0.25) is 5.91 Å². The average molecular weight is 315 g/mol. The molecule has 0 saturated carbocycles. The van der Waals surface area contributed by atoms with Crippen LogP contribution in [0.2, 0.25) is 0 Å². The molecule has 0 saturated heterocycles. The highest BCUT2D eigenvalue weighted by Gasteiger charge is 2.29. The molecule has 23 heavy (non-hydrogen) atoms. The van der Waals surface area contributed by atoms with Crippen LogP contribution in [0.4, 0.5) is 0 Å². The van der Waals surface area contributed by atoms with Crippen LogP contribution < -0.4 is 0 Å². The molecule has 5 heteroatoms. The van der Waals surface area contributed by atoms with Gasteiger partial charge in [-0.25, -0.2) is 4.98 Å². The van der Waals surface area contributed by atoms with Gasteiger partial charge in [-0.3, -0.25) is 4.79 Å². The highest BCUT2D eigenvalue weighted by Crippen LogP contribution is 2.27. The van der Waals surface area contributed by atoms with Crippen molar-refractivity contribution in [2.45, 2.75) is 52.5 Å². The Morgan fingerprint density at radius 3 is 2.96 bits per heavy atom. The maximum Gasteiger partial charge on any atom is 0.226 e. The van der Waals surface area contributed by atoms with Gasteiger partial charge in [0.05, 0.1) is 12.0 Å². The van der Waals surface area contributed by atoms with Crippen LogP contribution in [0.15, 0.2) is 16.7 Å². The maximum absolute atomic E-state index is 12.7. The number of furan rings is 1. The highest BCUT2D eigenvalue weighted by atomic mass is 16.3. The summed E-state index contributed by atoms with van der Waals surface area (Å²) in [7, 11) is 1.87. The van der Waals surface area contributed by atoms with Crippen LogP contribution in [0.1, 0.15) is 54.7 Å². The minimum atomic E-state index is 0.0418. The largest absolute Gasteiger partial charge is 0.469 e. The monoisotopic (exact) mass is 315 g/mol. The molecule has 1 aliphatic carbocycles. The molecule has 1 amide bonds. The summed E-state index contributed by atoms with van der Waals surface area (Å²) in [6.45, 7) is 6.80. The summed E-state index contributed by atoms with van der Waals surface area (Å²) in [6.07, 6.45) is 4.20.